The first kappa shape index (κ1) is 20.3. The van der Waals surface area contributed by atoms with E-state index >= 15 is 0 Å². The van der Waals surface area contributed by atoms with Gasteiger partial charge in [-0.2, -0.15) is 0 Å². The summed E-state index contributed by atoms with van der Waals surface area (Å²) in [6, 6.07) is 17.8. The fourth-order valence-corrected chi connectivity index (χ4v) is 4.33. The number of hydrogen-bond acceptors (Lipinski definition) is 5. The van der Waals surface area contributed by atoms with Crippen molar-refractivity contribution in [3.63, 3.8) is 0 Å². The van der Waals surface area contributed by atoms with Crippen LogP contribution in [-0.2, 0) is 4.74 Å². The molecule has 4 rings (SSSR count). The molecule has 30 heavy (non-hydrogen) atoms. The number of anilines is 2. The van der Waals surface area contributed by atoms with Crippen molar-refractivity contribution in [3.8, 4) is 0 Å². The molecule has 7 heteroatoms. The topological polar surface area (TPSA) is 80.6 Å². The molecule has 1 saturated heterocycles. The lowest BCUT2D eigenvalue weighted by Gasteiger charge is -2.13. The van der Waals surface area contributed by atoms with E-state index in [1.54, 1.807) is 48.2 Å². The molecule has 3 aromatic rings. The van der Waals surface area contributed by atoms with Crippen LogP contribution in [0.4, 0.5) is 11.4 Å². The average Bonchev–Trinajstić information content (AvgIpc) is 3.47. The Labute approximate surface area is 179 Å². The summed E-state index contributed by atoms with van der Waals surface area (Å²) in [4.78, 5) is 26.0. The van der Waals surface area contributed by atoms with Crippen LogP contribution < -0.4 is 10.6 Å². The van der Waals surface area contributed by atoms with Gasteiger partial charge in [-0.3, -0.25) is 9.59 Å². The molecule has 1 fully saturated rings. The number of amides is 2. The Kier molecular flexibility index (Phi) is 6.51. The summed E-state index contributed by atoms with van der Waals surface area (Å²) in [5.41, 5.74) is 1.77. The molecule has 0 bridgehead atoms. The van der Waals surface area contributed by atoms with E-state index in [0.717, 1.165) is 30.1 Å². The summed E-state index contributed by atoms with van der Waals surface area (Å²) in [6.45, 7) is 0.820. The predicted octanol–water partition coefficient (Wildman–Crippen LogP) is 5.06. The van der Waals surface area contributed by atoms with Gasteiger partial charge in [-0.15, -0.1) is 11.8 Å². The smallest absolute Gasteiger partial charge is 0.291 e. The van der Waals surface area contributed by atoms with Gasteiger partial charge >= 0.3 is 0 Å². The van der Waals surface area contributed by atoms with Crippen LogP contribution in [0.3, 0.4) is 0 Å². The molecule has 2 heterocycles. The van der Waals surface area contributed by atoms with Crippen molar-refractivity contribution in [2.24, 2.45) is 0 Å². The minimum Gasteiger partial charge on any atom is -0.459 e. The molecule has 2 aromatic carbocycles. The summed E-state index contributed by atoms with van der Waals surface area (Å²) < 4.78 is 10.8. The number of nitrogens with one attached hydrogen (secondary N) is 2. The Morgan fingerprint density at radius 1 is 0.967 bits per heavy atom. The Hall–Kier alpha value is -3.03. The molecule has 0 spiro atoms. The maximum atomic E-state index is 12.9. The van der Waals surface area contributed by atoms with Gasteiger partial charge in [-0.05, 0) is 55.3 Å². The maximum absolute atomic E-state index is 12.9. The van der Waals surface area contributed by atoms with E-state index < -0.39 is 0 Å². The molecule has 154 valence electrons. The molecule has 6 nitrogen and oxygen atoms in total. The van der Waals surface area contributed by atoms with Gasteiger partial charge in [0.25, 0.3) is 11.8 Å². The molecule has 2 N–H and O–H groups in total. The van der Waals surface area contributed by atoms with Crippen molar-refractivity contribution in [3.05, 3.63) is 78.3 Å². The highest BCUT2D eigenvalue weighted by molar-refractivity contribution is 7.99. The minimum atomic E-state index is -0.348. The molecule has 0 saturated carbocycles. The number of thioether (sulfide) groups is 1. The summed E-state index contributed by atoms with van der Waals surface area (Å²) in [7, 11) is 0. The van der Waals surface area contributed by atoms with Crippen molar-refractivity contribution in [2.75, 3.05) is 23.0 Å². The molecule has 0 radical (unpaired) electrons. The summed E-state index contributed by atoms with van der Waals surface area (Å²) >= 11 is 1.64. The number of ether oxygens (including phenoxy) is 1. The third kappa shape index (κ3) is 5.11. The van der Waals surface area contributed by atoms with Crippen molar-refractivity contribution < 1.29 is 18.7 Å². The highest BCUT2D eigenvalue weighted by Gasteiger charge is 2.18. The van der Waals surface area contributed by atoms with Gasteiger partial charge in [0.05, 0.1) is 17.9 Å². The van der Waals surface area contributed by atoms with E-state index in [1.165, 1.54) is 6.26 Å². The number of carbonyl (C=O) groups is 2. The quantitative estimate of drug-likeness (QED) is 0.521. The summed E-state index contributed by atoms with van der Waals surface area (Å²) in [5, 5.41) is 5.68. The van der Waals surface area contributed by atoms with Gasteiger partial charge in [0.2, 0.25) is 0 Å². The van der Waals surface area contributed by atoms with Crippen molar-refractivity contribution in [1.29, 1.82) is 0 Å². The molecule has 1 unspecified atom stereocenters. The first-order valence-electron chi connectivity index (χ1n) is 9.79. The zero-order chi connectivity index (χ0) is 20.8. The fourth-order valence-electron chi connectivity index (χ4n) is 3.21. The second-order valence-corrected chi connectivity index (χ2v) is 7.97. The van der Waals surface area contributed by atoms with Gasteiger partial charge in [-0.1, -0.05) is 18.2 Å². The zero-order valence-corrected chi connectivity index (χ0v) is 17.1. The molecular formula is C23H22N2O4S. The van der Waals surface area contributed by atoms with Gasteiger partial charge in [-0.25, -0.2) is 0 Å². The lowest BCUT2D eigenvalue weighted by molar-refractivity contribution is 0.0994. The summed E-state index contributed by atoms with van der Waals surface area (Å²) in [5.74, 6) is 0.513. The van der Waals surface area contributed by atoms with E-state index in [-0.39, 0.29) is 23.7 Å². The molecule has 1 atom stereocenters. The Balaban J connectivity index is 1.42. The number of rotatable bonds is 7. The van der Waals surface area contributed by atoms with Crippen LogP contribution >= 0.6 is 11.8 Å². The Morgan fingerprint density at radius 2 is 1.77 bits per heavy atom. The van der Waals surface area contributed by atoms with Gasteiger partial charge in [0, 0.05) is 28.6 Å². The molecule has 0 aliphatic carbocycles. The lowest BCUT2D eigenvalue weighted by Crippen LogP contribution is -2.15. The Morgan fingerprint density at radius 3 is 2.50 bits per heavy atom. The molecule has 1 aromatic heterocycles. The van der Waals surface area contributed by atoms with Crippen LogP contribution in [0.15, 0.2) is 76.2 Å². The van der Waals surface area contributed by atoms with E-state index in [0.29, 0.717) is 16.9 Å². The minimum absolute atomic E-state index is 0.194. The van der Waals surface area contributed by atoms with E-state index in [2.05, 4.69) is 10.6 Å². The van der Waals surface area contributed by atoms with Gasteiger partial charge < -0.3 is 19.8 Å². The van der Waals surface area contributed by atoms with E-state index in [1.807, 2.05) is 24.3 Å². The predicted molar refractivity (Wildman–Crippen MR) is 117 cm³/mol. The number of carbonyl (C=O) groups excluding carboxylic acids is 2. The van der Waals surface area contributed by atoms with Crippen LogP contribution in [0, 0.1) is 0 Å². The number of hydrogen-bond donors (Lipinski definition) is 2. The third-order valence-corrected chi connectivity index (χ3v) is 5.91. The fraction of sp³-hybridized carbons (Fsp3) is 0.217. The van der Waals surface area contributed by atoms with E-state index in [9.17, 15) is 9.59 Å². The number of furan rings is 1. The van der Waals surface area contributed by atoms with Crippen LogP contribution in [-0.4, -0.2) is 30.3 Å². The SMILES string of the molecule is O=C(Nc1cccc(NC(=O)c2ccccc2SCC2CCCO2)c1)c1ccco1. The third-order valence-electron chi connectivity index (χ3n) is 4.70. The van der Waals surface area contributed by atoms with Gasteiger partial charge in [0.15, 0.2) is 5.76 Å². The average molecular weight is 423 g/mol. The van der Waals surface area contributed by atoms with Crippen LogP contribution in [0.2, 0.25) is 0 Å². The molecule has 1 aliphatic heterocycles. The highest BCUT2D eigenvalue weighted by atomic mass is 32.2. The van der Waals surface area contributed by atoms with Crippen molar-refractivity contribution in [1.82, 2.24) is 0 Å². The number of benzene rings is 2. The van der Waals surface area contributed by atoms with E-state index in [4.69, 9.17) is 9.15 Å². The normalized spacial score (nSPS) is 15.7. The largest absolute Gasteiger partial charge is 0.459 e. The highest BCUT2D eigenvalue weighted by Crippen LogP contribution is 2.27. The monoisotopic (exact) mass is 422 g/mol. The van der Waals surface area contributed by atoms with Crippen LogP contribution in [0.1, 0.15) is 33.8 Å². The van der Waals surface area contributed by atoms with Gasteiger partial charge in [0.1, 0.15) is 0 Å². The van der Waals surface area contributed by atoms with Crippen LogP contribution in [0.5, 0.6) is 0 Å². The molecule has 1 aliphatic rings. The summed E-state index contributed by atoms with van der Waals surface area (Å²) in [6.07, 6.45) is 3.86. The molecular weight excluding hydrogens is 400 g/mol. The van der Waals surface area contributed by atoms with Crippen LogP contribution in [0.25, 0.3) is 0 Å². The first-order valence-corrected chi connectivity index (χ1v) is 10.8. The van der Waals surface area contributed by atoms with Crippen molar-refractivity contribution in [2.45, 2.75) is 23.8 Å². The molecule has 2 amide bonds. The lowest BCUT2D eigenvalue weighted by atomic mass is 10.2. The second kappa shape index (κ2) is 9.65. The first-order chi connectivity index (χ1) is 14.7. The maximum Gasteiger partial charge on any atom is 0.291 e. The zero-order valence-electron chi connectivity index (χ0n) is 16.3. The second-order valence-electron chi connectivity index (χ2n) is 6.91. The standard InChI is InChI=1S/C23H22N2O4S/c26-22(19-9-1-2-11-21(19)30-15-18-8-4-12-28-18)24-16-6-3-7-17(14-16)25-23(27)20-10-5-13-29-20/h1-3,5-7,9-11,13-14,18H,4,8,12,15H2,(H,24,26)(H,25,27). The van der Waals surface area contributed by atoms with Crippen molar-refractivity contribution >= 4 is 35.0 Å². The Bertz CT molecular complexity index is 1010.